The van der Waals surface area contributed by atoms with Crippen molar-refractivity contribution in [1.82, 2.24) is 9.38 Å². The largest absolute Gasteiger partial charge is 0.303 e. The predicted octanol–water partition coefficient (Wildman–Crippen LogP) is 3.06. The highest BCUT2D eigenvalue weighted by atomic mass is 19.1. The number of hydrogen-bond donors (Lipinski definition) is 0. The predicted molar refractivity (Wildman–Crippen MR) is 64.4 cm³/mol. The molecule has 2 aromatic heterocycles. The van der Waals surface area contributed by atoms with Gasteiger partial charge in [-0.2, -0.15) is 0 Å². The maximum absolute atomic E-state index is 13.5. The molecule has 0 amide bonds. The van der Waals surface area contributed by atoms with Crippen LogP contribution in [0.2, 0.25) is 0 Å². The van der Waals surface area contributed by atoms with Crippen LogP contribution in [-0.2, 0) is 6.42 Å². The normalized spacial score (nSPS) is 10.9. The van der Waals surface area contributed by atoms with Crippen molar-refractivity contribution in [2.45, 2.75) is 6.42 Å². The van der Waals surface area contributed by atoms with Crippen molar-refractivity contribution < 1.29 is 4.39 Å². The Bertz CT molecular complexity index is 658. The van der Waals surface area contributed by atoms with Crippen molar-refractivity contribution in [3.8, 4) is 0 Å². The Balaban J connectivity index is 2.03. The summed E-state index contributed by atoms with van der Waals surface area (Å²) < 4.78 is 15.5. The molecule has 0 spiro atoms. The molecule has 3 aromatic rings. The van der Waals surface area contributed by atoms with Crippen molar-refractivity contribution >= 4 is 5.52 Å². The molecule has 3 heteroatoms. The van der Waals surface area contributed by atoms with E-state index in [1.807, 2.05) is 34.9 Å². The molecule has 0 unspecified atom stereocenters. The first-order valence-electron chi connectivity index (χ1n) is 5.49. The zero-order chi connectivity index (χ0) is 11.7. The minimum atomic E-state index is -0.180. The van der Waals surface area contributed by atoms with E-state index in [1.54, 1.807) is 18.3 Å². The van der Waals surface area contributed by atoms with Crippen molar-refractivity contribution in [1.29, 1.82) is 0 Å². The highest BCUT2D eigenvalue weighted by Gasteiger charge is 2.06. The molecule has 2 heterocycles. The highest BCUT2D eigenvalue weighted by Crippen LogP contribution is 2.13. The van der Waals surface area contributed by atoms with Crippen molar-refractivity contribution in [2.24, 2.45) is 0 Å². The van der Waals surface area contributed by atoms with Crippen molar-refractivity contribution in [3.63, 3.8) is 0 Å². The van der Waals surface area contributed by atoms with Crippen LogP contribution in [0, 0.1) is 5.82 Å². The highest BCUT2D eigenvalue weighted by molar-refractivity contribution is 5.46. The van der Waals surface area contributed by atoms with Gasteiger partial charge in [-0.25, -0.2) is 9.37 Å². The summed E-state index contributed by atoms with van der Waals surface area (Å²) in [6.07, 6.45) is 4.25. The summed E-state index contributed by atoms with van der Waals surface area (Å²) in [4.78, 5) is 4.33. The zero-order valence-corrected chi connectivity index (χ0v) is 9.18. The molecular weight excluding hydrogens is 215 g/mol. The average molecular weight is 226 g/mol. The summed E-state index contributed by atoms with van der Waals surface area (Å²) in [5.74, 6) is 0.672. The summed E-state index contributed by atoms with van der Waals surface area (Å²) in [6, 6.07) is 12.7. The van der Waals surface area contributed by atoms with E-state index in [1.165, 1.54) is 6.07 Å². The summed E-state index contributed by atoms with van der Waals surface area (Å²) >= 11 is 0. The van der Waals surface area contributed by atoms with Crippen LogP contribution in [0.25, 0.3) is 5.52 Å². The number of halogens is 1. The Hall–Kier alpha value is -2.16. The smallest absolute Gasteiger partial charge is 0.126 e. The number of imidazole rings is 1. The second-order valence-electron chi connectivity index (χ2n) is 3.94. The van der Waals surface area contributed by atoms with E-state index in [9.17, 15) is 4.39 Å². The molecule has 3 rings (SSSR count). The van der Waals surface area contributed by atoms with Gasteiger partial charge in [0, 0.05) is 12.6 Å². The van der Waals surface area contributed by atoms with Crippen LogP contribution in [0.4, 0.5) is 4.39 Å². The number of rotatable bonds is 2. The SMILES string of the molecule is Fc1ccccc1Cc1ncc2ccccn12. The molecule has 0 radical (unpaired) electrons. The van der Waals surface area contributed by atoms with Crippen molar-refractivity contribution in [3.05, 3.63) is 72.1 Å². The molecule has 0 aliphatic heterocycles. The van der Waals surface area contributed by atoms with E-state index in [-0.39, 0.29) is 5.82 Å². The van der Waals surface area contributed by atoms with Crippen LogP contribution in [-0.4, -0.2) is 9.38 Å². The third-order valence-electron chi connectivity index (χ3n) is 2.82. The molecule has 0 saturated heterocycles. The van der Waals surface area contributed by atoms with Gasteiger partial charge in [0.2, 0.25) is 0 Å². The van der Waals surface area contributed by atoms with Gasteiger partial charge in [-0.3, -0.25) is 0 Å². The van der Waals surface area contributed by atoms with Crippen LogP contribution in [0.15, 0.2) is 54.9 Å². The first kappa shape index (κ1) is 10.0. The average Bonchev–Trinajstić information content (AvgIpc) is 2.76. The maximum Gasteiger partial charge on any atom is 0.126 e. The first-order valence-corrected chi connectivity index (χ1v) is 5.49. The third kappa shape index (κ3) is 1.80. The van der Waals surface area contributed by atoms with E-state index in [0.29, 0.717) is 12.0 Å². The van der Waals surface area contributed by atoms with E-state index >= 15 is 0 Å². The van der Waals surface area contributed by atoms with Crippen LogP contribution < -0.4 is 0 Å². The molecule has 0 N–H and O–H groups in total. The van der Waals surface area contributed by atoms with Gasteiger partial charge >= 0.3 is 0 Å². The lowest BCUT2D eigenvalue weighted by atomic mass is 10.1. The zero-order valence-electron chi connectivity index (χ0n) is 9.18. The van der Waals surface area contributed by atoms with Gasteiger partial charge in [-0.05, 0) is 23.8 Å². The molecule has 0 bridgehead atoms. The topological polar surface area (TPSA) is 17.3 Å². The van der Waals surface area contributed by atoms with Gasteiger partial charge in [0.15, 0.2) is 0 Å². The molecule has 17 heavy (non-hydrogen) atoms. The second kappa shape index (κ2) is 4.01. The summed E-state index contributed by atoms with van der Waals surface area (Å²) in [7, 11) is 0. The van der Waals surface area contributed by atoms with Gasteiger partial charge in [0.25, 0.3) is 0 Å². The number of nitrogens with zero attached hydrogens (tertiary/aromatic N) is 2. The van der Waals surface area contributed by atoms with Crippen LogP contribution in [0.5, 0.6) is 0 Å². The summed E-state index contributed by atoms with van der Waals surface area (Å²) in [5, 5.41) is 0. The summed E-state index contributed by atoms with van der Waals surface area (Å²) in [6.45, 7) is 0. The quantitative estimate of drug-likeness (QED) is 0.656. The van der Waals surface area contributed by atoms with Crippen LogP contribution in [0.3, 0.4) is 0 Å². The fraction of sp³-hybridized carbons (Fsp3) is 0.0714. The number of aromatic nitrogens is 2. The summed E-state index contributed by atoms with van der Waals surface area (Å²) in [5.41, 5.74) is 1.70. The first-order chi connectivity index (χ1) is 8.34. The van der Waals surface area contributed by atoms with Crippen LogP contribution >= 0.6 is 0 Å². The van der Waals surface area contributed by atoms with E-state index < -0.39 is 0 Å². The lowest BCUT2D eigenvalue weighted by molar-refractivity contribution is 0.612. The van der Waals surface area contributed by atoms with E-state index in [0.717, 1.165) is 11.3 Å². The lowest BCUT2D eigenvalue weighted by Gasteiger charge is -2.02. The third-order valence-corrected chi connectivity index (χ3v) is 2.82. The van der Waals surface area contributed by atoms with Gasteiger partial charge in [0.05, 0.1) is 11.7 Å². The Kier molecular flexibility index (Phi) is 2.37. The monoisotopic (exact) mass is 226 g/mol. The van der Waals surface area contributed by atoms with Crippen LogP contribution in [0.1, 0.15) is 11.4 Å². The molecule has 0 aliphatic carbocycles. The molecule has 0 aliphatic rings. The molecule has 2 nitrogen and oxygen atoms in total. The van der Waals surface area contributed by atoms with Gasteiger partial charge in [-0.1, -0.05) is 24.3 Å². The second-order valence-corrected chi connectivity index (χ2v) is 3.94. The Morgan fingerprint density at radius 2 is 1.88 bits per heavy atom. The Morgan fingerprint density at radius 1 is 1.06 bits per heavy atom. The van der Waals surface area contributed by atoms with Gasteiger partial charge < -0.3 is 4.40 Å². The molecule has 0 atom stereocenters. The van der Waals surface area contributed by atoms with Gasteiger partial charge in [0.1, 0.15) is 11.6 Å². The minimum absolute atomic E-state index is 0.180. The number of benzene rings is 1. The van der Waals surface area contributed by atoms with E-state index in [4.69, 9.17) is 0 Å². The van der Waals surface area contributed by atoms with E-state index in [2.05, 4.69) is 4.98 Å². The fourth-order valence-electron chi connectivity index (χ4n) is 1.94. The Labute approximate surface area is 98.4 Å². The molecule has 0 saturated carbocycles. The number of hydrogen-bond acceptors (Lipinski definition) is 1. The molecular formula is C14H11FN2. The standard InChI is InChI=1S/C14H11FN2/c15-13-7-2-1-5-11(13)9-14-16-10-12-6-3-4-8-17(12)14/h1-8,10H,9H2. The molecule has 0 fully saturated rings. The molecule has 84 valence electrons. The maximum atomic E-state index is 13.5. The van der Waals surface area contributed by atoms with Gasteiger partial charge in [-0.15, -0.1) is 0 Å². The van der Waals surface area contributed by atoms with Crippen molar-refractivity contribution in [2.75, 3.05) is 0 Å². The molecule has 1 aromatic carbocycles. The lowest BCUT2D eigenvalue weighted by Crippen LogP contribution is -1.98. The number of fused-ring (bicyclic) bond motifs is 1. The Morgan fingerprint density at radius 3 is 2.76 bits per heavy atom. The minimum Gasteiger partial charge on any atom is -0.303 e. The number of pyridine rings is 1. The fourth-order valence-corrected chi connectivity index (χ4v) is 1.94.